The van der Waals surface area contributed by atoms with Crippen molar-refractivity contribution in [3.8, 4) is 0 Å². The molecule has 4 nitrogen and oxygen atoms in total. The monoisotopic (exact) mass is 579 g/mol. The summed E-state index contributed by atoms with van der Waals surface area (Å²) in [5.74, 6) is -0.604. The van der Waals surface area contributed by atoms with Gasteiger partial charge in [-0.2, -0.15) is 13.2 Å². The van der Waals surface area contributed by atoms with Crippen molar-refractivity contribution >= 4 is 39.0 Å². The Morgan fingerprint density at radius 3 is 2.46 bits per heavy atom. The summed E-state index contributed by atoms with van der Waals surface area (Å²) in [7, 11) is -3.03. The molecule has 206 valence electrons. The molecule has 10 heteroatoms. The van der Waals surface area contributed by atoms with Gasteiger partial charge in [0.25, 0.3) is 10.0 Å². The molecule has 0 fully saturated rings. The molecule has 2 atom stereocenters. The van der Waals surface area contributed by atoms with Gasteiger partial charge in [-0.25, -0.2) is 12.8 Å². The van der Waals surface area contributed by atoms with Crippen LogP contribution in [0.5, 0.6) is 0 Å². The first kappa shape index (κ1) is 28.7. The van der Waals surface area contributed by atoms with Gasteiger partial charge in [-0.05, 0) is 73.4 Å². The molecular formula is C29H26ClF4NO3S. The Bertz CT molecular complexity index is 1550. The molecule has 3 aromatic rings. The standard InChI is InChI=1S/C29H26ClF4NO3S/c1-17(28-25(30)9-6-10-26(28)31)13-20-11-12-21-15-24(19(3)38-4)18(2)35(27(21)14-20)39(36,37)23-8-5-7-22(16-23)29(32,33)34/h5-14,16,18,24H,3,15H2,1-2,4H3/b17-13+/t18-,24-/m1/s1. The van der Waals surface area contributed by atoms with E-state index in [-0.39, 0.29) is 10.6 Å². The third-order valence-corrected chi connectivity index (χ3v) is 9.08. The van der Waals surface area contributed by atoms with E-state index in [2.05, 4.69) is 6.58 Å². The Morgan fingerprint density at radius 2 is 1.82 bits per heavy atom. The number of methoxy groups -OCH3 is 1. The molecule has 1 aliphatic rings. The van der Waals surface area contributed by atoms with Crippen molar-refractivity contribution in [2.45, 2.75) is 37.4 Å². The van der Waals surface area contributed by atoms with Crippen LogP contribution in [0.15, 0.2) is 77.9 Å². The summed E-state index contributed by atoms with van der Waals surface area (Å²) in [5.41, 5.74) is 1.17. The second kappa shape index (κ2) is 10.7. The minimum Gasteiger partial charge on any atom is -0.501 e. The van der Waals surface area contributed by atoms with E-state index in [4.69, 9.17) is 16.3 Å². The fourth-order valence-electron chi connectivity index (χ4n) is 4.86. The van der Waals surface area contributed by atoms with E-state index in [9.17, 15) is 26.0 Å². The van der Waals surface area contributed by atoms with Crippen molar-refractivity contribution in [3.05, 3.63) is 106 Å². The van der Waals surface area contributed by atoms with Crippen LogP contribution < -0.4 is 4.31 Å². The predicted molar refractivity (Wildman–Crippen MR) is 145 cm³/mol. The predicted octanol–water partition coefficient (Wildman–Crippen LogP) is 7.97. The molecule has 0 bridgehead atoms. The number of nitrogens with zero attached hydrogens (tertiary/aromatic N) is 1. The summed E-state index contributed by atoms with van der Waals surface area (Å²) in [4.78, 5) is -0.492. The molecule has 0 saturated heterocycles. The van der Waals surface area contributed by atoms with Gasteiger partial charge in [0.05, 0.1) is 40.1 Å². The number of halogens is 5. The average molecular weight is 580 g/mol. The van der Waals surface area contributed by atoms with Gasteiger partial charge in [0, 0.05) is 11.5 Å². The van der Waals surface area contributed by atoms with Gasteiger partial charge in [0.2, 0.25) is 0 Å². The lowest BCUT2D eigenvalue weighted by Crippen LogP contribution is -2.47. The molecule has 0 amide bonds. The van der Waals surface area contributed by atoms with Gasteiger partial charge in [-0.1, -0.05) is 48.5 Å². The second-order valence-electron chi connectivity index (χ2n) is 9.36. The van der Waals surface area contributed by atoms with E-state index < -0.39 is 44.4 Å². The Labute approximate surface area is 230 Å². The van der Waals surface area contributed by atoms with Gasteiger partial charge >= 0.3 is 6.18 Å². The maximum absolute atomic E-state index is 14.5. The Hall–Kier alpha value is -3.30. The van der Waals surface area contributed by atoms with Gasteiger partial charge < -0.3 is 4.74 Å². The maximum atomic E-state index is 14.5. The number of anilines is 1. The third kappa shape index (κ3) is 5.56. The van der Waals surface area contributed by atoms with Gasteiger partial charge in [-0.15, -0.1) is 0 Å². The minimum absolute atomic E-state index is 0.218. The van der Waals surface area contributed by atoms with Crippen LogP contribution in [0.1, 0.15) is 36.1 Å². The summed E-state index contributed by atoms with van der Waals surface area (Å²) in [5, 5.41) is 0.227. The summed E-state index contributed by atoms with van der Waals surface area (Å²) in [6.07, 6.45) is -2.64. The molecule has 0 saturated carbocycles. The molecule has 0 spiro atoms. The zero-order valence-electron chi connectivity index (χ0n) is 21.4. The lowest BCUT2D eigenvalue weighted by atomic mass is 9.86. The van der Waals surface area contributed by atoms with Crippen molar-refractivity contribution in [3.63, 3.8) is 0 Å². The van der Waals surface area contributed by atoms with Crippen LogP contribution in [-0.4, -0.2) is 21.6 Å². The third-order valence-electron chi connectivity index (χ3n) is 6.87. The molecule has 0 unspecified atom stereocenters. The quantitative estimate of drug-likeness (QED) is 0.169. The number of benzene rings is 3. The normalized spacial score (nSPS) is 18.1. The number of allylic oxidation sites excluding steroid dienone is 1. The van der Waals surface area contributed by atoms with Crippen LogP contribution in [0.25, 0.3) is 11.6 Å². The van der Waals surface area contributed by atoms with Crippen LogP contribution in [-0.2, 0) is 27.4 Å². The average Bonchev–Trinajstić information content (AvgIpc) is 2.87. The lowest BCUT2D eigenvalue weighted by molar-refractivity contribution is -0.137. The maximum Gasteiger partial charge on any atom is 0.416 e. The molecule has 4 rings (SSSR count). The molecule has 3 aromatic carbocycles. The van der Waals surface area contributed by atoms with Crippen LogP contribution in [0.2, 0.25) is 5.02 Å². The van der Waals surface area contributed by atoms with E-state index >= 15 is 0 Å². The van der Waals surface area contributed by atoms with Crippen molar-refractivity contribution < 1.29 is 30.7 Å². The van der Waals surface area contributed by atoms with Crippen molar-refractivity contribution in [2.75, 3.05) is 11.4 Å². The largest absolute Gasteiger partial charge is 0.501 e. The Kier molecular flexibility index (Phi) is 7.87. The highest BCUT2D eigenvalue weighted by atomic mass is 35.5. The molecule has 0 aliphatic carbocycles. The lowest BCUT2D eigenvalue weighted by Gasteiger charge is -2.41. The highest BCUT2D eigenvalue weighted by Crippen LogP contribution is 2.42. The number of ether oxygens (including phenoxy) is 1. The van der Waals surface area contributed by atoms with Crippen LogP contribution in [0.4, 0.5) is 23.2 Å². The second-order valence-corrected chi connectivity index (χ2v) is 11.6. The minimum atomic E-state index is -4.71. The zero-order valence-corrected chi connectivity index (χ0v) is 23.0. The summed E-state index contributed by atoms with van der Waals surface area (Å²) in [6.45, 7) is 7.26. The molecule has 1 heterocycles. The van der Waals surface area contributed by atoms with Gasteiger partial charge in [-0.3, -0.25) is 4.31 Å². The molecule has 0 N–H and O–H groups in total. The van der Waals surface area contributed by atoms with E-state index in [0.717, 1.165) is 22.5 Å². The number of sulfonamides is 1. The molecule has 0 radical (unpaired) electrons. The fraction of sp³-hybridized carbons (Fsp3) is 0.241. The topological polar surface area (TPSA) is 46.6 Å². The zero-order chi connectivity index (χ0) is 28.7. The van der Waals surface area contributed by atoms with E-state index in [1.54, 1.807) is 44.2 Å². The van der Waals surface area contributed by atoms with Gasteiger partial charge in [0.1, 0.15) is 5.82 Å². The fourth-order valence-corrected chi connectivity index (χ4v) is 6.94. The molecule has 39 heavy (non-hydrogen) atoms. The summed E-state index contributed by atoms with van der Waals surface area (Å²) in [6, 6.07) is 12.4. The summed E-state index contributed by atoms with van der Waals surface area (Å²) >= 11 is 6.21. The first-order valence-electron chi connectivity index (χ1n) is 12.0. The van der Waals surface area contributed by atoms with E-state index in [0.29, 0.717) is 40.6 Å². The highest BCUT2D eigenvalue weighted by Gasteiger charge is 2.41. The number of hydrogen-bond acceptors (Lipinski definition) is 3. The number of rotatable bonds is 6. The van der Waals surface area contributed by atoms with E-state index in [1.165, 1.54) is 19.2 Å². The number of fused-ring (bicyclic) bond motifs is 1. The van der Waals surface area contributed by atoms with E-state index in [1.807, 2.05) is 0 Å². The van der Waals surface area contributed by atoms with Gasteiger partial charge in [0.15, 0.2) is 0 Å². The summed E-state index contributed by atoms with van der Waals surface area (Å²) < 4.78 is 89.1. The molecule has 1 aliphatic heterocycles. The molecular weight excluding hydrogens is 554 g/mol. The number of alkyl halides is 3. The van der Waals surface area contributed by atoms with Crippen molar-refractivity contribution in [1.82, 2.24) is 0 Å². The SMILES string of the molecule is C=C(OC)[C@@H]1Cc2ccc(/C=C(\C)c3c(F)cccc3Cl)cc2N(S(=O)(=O)c2cccc(C(F)(F)F)c2)[C@@H]1C. The van der Waals surface area contributed by atoms with Crippen molar-refractivity contribution in [1.29, 1.82) is 0 Å². The van der Waals surface area contributed by atoms with Crippen molar-refractivity contribution in [2.24, 2.45) is 5.92 Å². The Morgan fingerprint density at radius 1 is 1.13 bits per heavy atom. The van der Waals surface area contributed by atoms with Crippen LogP contribution >= 0.6 is 11.6 Å². The first-order chi connectivity index (χ1) is 18.3. The highest BCUT2D eigenvalue weighted by molar-refractivity contribution is 7.92. The first-order valence-corrected chi connectivity index (χ1v) is 13.8. The molecule has 0 aromatic heterocycles. The Balaban J connectivity index is 1.88. The van der Waals surface area contributed by atoms with Crippen LogP contribution in [0.3, 0.4) is 0 Å². The smallest absolute Gasteiger partial charge is 0.416 e. The van der Waals surface area contributed by atoms with Crippen LogP contribution in [0, 0.1) is 11.7 Å². The number of hydrogen-bond donors (Lipinski definition) is 0.